The molecule has 0 radical (unpaired) electrons. The van der Waals surface area contributed by atoms with Gasteiger partial charge in [0.25, 0.3) is 0 Å². The topological polar surface area (TPSA) is 75.7 Å². The van der Waals surface area contributed by atoms with Crippen LogP contribution in [0.3, 0.4) is 0 Å². The summed E-state index contributed by atoms with van der Waals surface area (Å²) >= 11 is 0. The van der Waals surface area contributed by atoms with Crippen LogP contribution in [-0.2, 0) is 14.8 Å². The van der Waals surface area contributed by atoms with Crippen LogP contribution < -0.4 is 10.1 Å². The van der Waals surface area contributed by atoms with E-state index >= 15 is 0 Å². The zero-order valence-corrected chi connectivity index (χ0v) is 15.1. The molecule has 0 aromatic heterocycles. The average Bonchev–Trinajstić information content (AvgIpc) is 2.64. The Hall–Kier alpha value is -2.52. The number of carbonyl (C=O) groups is 1. The maximum Gasteiger partial charge on any atom is 0.243 e. The van der Waals surface area contributed by atoms with E-state index in [0.29, 0.717) is 11.3 Å². The molecule has 1 N–H and O–H groups in total. The van der Waals surface area contributed by atoms with Crippen molar-refractivity contribution in [2.24, 2.45) is 0 Å². The molecule has 0 aliphatic carbocycles. The lowest BCUT2D eigenvalue weighted by molar-refractivity contribution is -0.126. The van der Waals surface area contributed by atoms with Gasteiger partial charge in [0, 0.05) is 13.1 Å². The lowest BCUT2D eigenvalue weighted by Crippen LogP contribution is -2.52. The predicted molar refractivity (Wildman–Crippen MR) is 94.5 cm³/mol. The van der Waals surface area contributed by atoms with Crippen molar-refractivity contribution >= 4 is 15.9 Å². The molecule has 0 spiro atoms. The highest BCUT2D eigenvalue weighted by molar-refractivity contribution is 7.89. The fraction of sp³-hybridized carbons (Fsp3) is 0.278. The van der Waals surface area contributed by atoms with Gasteiger partial charge in [0.15, 0.2) is 0 Å². The molecule has 1 fully saturated rings. The van der Waals surface area contributed by atoms with E-state index in [2.05, 4.69) is 5.32 Å². The molecular weight excluding hydrogens is 378 g/mol. The molecule has 2 aromatic rings. The van der Waals surface area contributed by atoms with Crippen LogP contribution in [0.25, 0.3) is 0 Å². The molecule has 1 amide bonds. The standard InChI is InChI=1S/C18H18F2N2O4S/c19-14-3-1-13(2-4-14)17-18(23)21-9-10-22(17)27(24,25)12-11-26-16-7-5-15(20)6-8-16/h1-8,17H,9-12H2,(H,21,23). The number of halogens is 2. The third-order valence-corrected chi connectivity index (χ3v) is 5.93. The first-order valence-corrected chi connectivity index (χ1v) is 9.89. The zero-order valence-electron chi connectivity index (χ0n) is 14.3. The summed E-state index contributed by atoms with van der Waals surface area (Å²) in [6.45, 7) is 0.142. The van der Waals surface area contributed by atoms with E-state index < -0.39 is 33.6 Å². The van der Waals surface area contributed by atoms with Crippen LogP contribution in [-0.4, -0.2) is 44.1 Å². The molecule has 1 unspecified atom stereocenters. The van der Waals surface area contributed by atoms with E-state index in [1.165, 1.54) is 48.5 Å². The van der Waals surface area contributed by atoms with E-state index in [1.807, 2.05) is 0 Å². The number of hydrogen-bond donors (Lipinski definition) is 1. The molecule has 6 nitrogen and oxygen atoms in total. The van der Waals surface area contributed by atoms with E-state index in [0.717, 1.165) is 4.31 Å². The lowest BCUT2D eigenvalue weighted by atomic mass is 10.0. The van der Waals surface area contributed by atoms with Crippen LogP contribution in [0.15, 0.2) is 48.5 Å². The number of nitrogens with one attached hydrogen (secondary N) is 1. The summed E-state index contributed by atoms with van der Waals surface area (Å²) in [4.78, 5) is 12.3. The number of rotatable bonds is 6. The number of carbonyl (C=O) groups excluding carboxylic acids is 1. The van der Waals surface area contributed by atoms with Crippen molar-refractivity contribution in [3.63, 3.8) is 0 Å². The Morgan fingerprint density at radius 1 is 1.04 bits per heavy atom. The third kappa shape index (κ3) is 4.61. The molecule has 144 valence electrons. The van der Waals surface area contributed by atoms with Crippen LogP contribution >= 0.6 is 0 Å². The molecule has 0 bridgehead atoms. The Morgan fingerprint density at radius 3 is 2.26 bits per heavy atom. The van der Waals surface area contributed by atoms with Crippen molar-refractivity contribution in [3.05, 3.63) is 65.7 Å². The highest BCUT2D eigenvalue weighted by Crippen LogP contribution is 2.26. The second-order valence-corrected chi connectivity index (χ2v) is 8.02. The Morgan fingerprint density at radius 2 is 1.63 bits per heavy atom. The Kier molecular flexibility index (Phi) is 5.71. The smallest absolute Gasteiger partial charge is 0.243 e. The van der Waals surface area contributed by atoms with Crippen LogP contribution in [0.4, 0.5) is 8.78 Å². The summed E-state index contributed by atoms with van der Waals surface area (Å²) in [7, 11) is -3.82. The van der Waals surface area contributed by atoms with Gasteiger partial charge in [0.1, 0.15) is 30.0 Å². The number of ether oxygens (including phenoxy) is 1. The van der Waals surface area contributed by atoms with Crippen molar-refractivity contribution in [2.45, 2.75) is 6.04 Å². The third-order valence-electron chi connectivity index (χ3n) is 4.13. The number of benzene rings is 2. The number of nitrogens with zero attached hydrogens (tertiary/aromatic N) is 1. The van der Waals surface area contributed by atoms with Crippen LogP contribution in [0.1, 0.15) is 11.6 Å². The summed E-state index contributed by atoms with van der Waals surface area (Å²) in [5.74, 6) is -1.36. The van der Waals surface area contributed by atoms with Gasteiger partial charge in [-0.15, -0.1) is 0 Å². The van der Waals surface area contributed by atoms with Crippen LogP contribution in [0.5, 0.6) is 5.75 Å². The van der Waals surface area contributed by atoms with Crippen molar-refractivity contribution in [1.29, 1.82) is 0 Å². The van der Waals surface area contributed by atoms with Gasteiger partial charge in [-0.3, -0.25) is 4.79 Å². The van der Waals surface area contributed by atoms with E-state index in [9.17, 15) is 22.0 Å². The largest absolute Gasteiger partial charge is 0.492 e. The molecule has 2 aromatic carbocycles. The van der Waals surface area contributed by atoms with Crippen LogP contribution in [0.2, 0.25) is 0 Å². The summed E-state index contributed by atoms with van der Waals surface area (Å²) in [6.07, 6.45) is 0. The minimum absolute atomic E-state index is 0.104. The monoisotopic (exact) mass is 396 g/mol. The zero-order chi connectivity index (χ0) is 19.4. The molecule has 1 heterocycles. The molecule has 1 atom stereocenters. The van der Waals surface area contributed by atoms with Gasteiger partial charge in [0.2, 0.25) is 15.9 Å². The molecule has 1 saturated heterocycles. The molecule has 3 rings (SSSR count). The first kappa shape index (κ1) is 19.2. The lowest BCUT2D eigenvalue weighted by Gasteiger charge is -2.34. The fourth-order valence-electron chi connectivity index (χ4n) is 2.82. The molecule has 1 aliphatic heterocycles. The summed E-state index contributed by atoms with van der Waals surface area (Å²) < 4.78 is 58.0. The first-order valence-electron chi connectivity index (χ1n) is 8.28. The second kappa shape index (κ2) is 8.01. The molecule has 1 aliphatic rings. The number of hydrogen-bond acceptors (Lipinski definition) is 4. The molecule has 9 heteroatoms. The number of sulfonamides is 1. The first-order chi connectivity index (χ1) is 12.9. The Bertz CT molecular complexity index is 902. The van der Waals surface area contributed by atoms with Crippen molar-refractivity contribution in [2.75, 3.05) is 25.4 Å². The summed E-state index contributed by atoms with van der Waals surface area (Å²) in [6, 6.07) is 9.31. The SMILES string of the molecule is O=C1NCCN(S(=O)(=O)CCOc2ccc(F)cc2)C1c1ccc(F)cc1. The predicted octanol–water partition coefficient (Wildman–Crippen LogP) is 1.85. The number of amides is 1. The Balaban J connectivity index is 1.73. The minimum Gasteiger partial charge on any atom is -0.492 e. The van der Waals surface area contributed by atoms with Gasteiger partial charge in [-0.1, -0.05) is 12.1 Å². The second-order valence-electron chi connectivity index (χ2n) is 5.97. The fourth-order valence-corrected chi connectivity index (χ4v) is 4.26. The van der Waals surface area contributed by atoms with Gasteiger partial charge >= 0.3 is 0 Å². The van der Waals surface area contributed by atoms with Crippen molar-refractivity contribution in [1.82, 2.24) is 9.62 Å². The van der Waals surface area contributed by atoms with Gasteiger partial charge in [-0.25, -0.2) is 17.2 Å². The molecule has 27 heavy (non-hydrogen) atoms. The van der Waals surface area contributed by atoms with E-state index in [1.54, 1.807) is 0 Å². The minimum atomic E-state index is -3.82. The summed E-state index contributed by atoms with van der Waals surface area (Å²) in [5, 5.41) is 2.63. The quantitative estimate of drug-likeness (QED) is 0.809. The highest BCUT2D eigenvalue weighted by atomic mass is 32.2. The Labute approximate surface area is 155 Å². The van der Waals surface area contributed by atoms with E-state index in [4.69, 9.17) is 4.74 Å². The maximum absolute atomic E-state index is 13.2. The van der Waals surface area contributed by atoms with Gasteiger partial charge in [-0.05, 0) is 42.0 Å². The molecule has 0 saturated carbocycles. The average molecular weight is 396 g/mol. The van der Waals surface area contributed by atoms with Crippen molar-refractivity contribution < 1.29 is 26.7 Å². The van der Waals surface area contributed by atoms with Gasteiger partial charge < -0.3 is 10.1 Å². The normalized spacial score (nSPS) is 18.1. The summed E-state index contributed by atoms with van der Waals surface area (Å²) in [5.41, 5.74) is 0.386. The highest BCUT2D eigenvalue weighted by Gasteiger charge is 2.38. The molecular formula is C18H18F2N2O4S. The van der Waals surface area contributed by atoms with Gasteiger partial charge in [-0.2, -0.15) is 4.31 Å². The van der Waals surface area contributed by atoms with E-state index in [-0.39, 0.29) is 25.4 Å². The van der Waals surface area contributed by atoms with Gasteiger partial charge in [0.05, 0.1) is 5.75 Å². The number of piperazine rings is 1. The van der Waals surface area contributed by atoms with Crippen molar-refractivity contribution in [3.8, 4) is 5.75 Å². The maximum atomic E-state index is 13.2. The van der Waals surface area contributed by atoms with Crippen LogP contribution in [0, 0.1) is 11.6 Å².